The van der Waals surface area contributed by atoms with E-state index in [1.807, 2.05) is 31.2 Å². The molecule has 8 saturated carbocycles. The van der Waals surface area contributed by atoms with Gasteiger partial charge in [-0.1, -0.05) is 24.3 Å². The van der Waals surface area contributed by atoms with Crippen LogP contribution in [0.25, 0.3) is 5.57 Å². The van der Waals surface area contributed by atoms with Crippen LogP contribution in [0.15, 0.2) is 30.8 Å². The first-order valence-corrected chi connectivity index (χ1v) is 15.1. The Morgan fingerprint density at radius 1 is 0.816 bits per heavy atom. The lowest BCUT2D eigenvalue weighted by molar-refractivity contribution is -0.196. The molecular formula is C33H42O5. The molecule has 8 aliphatic rings. The van der Waals surface area contributed by atoms with Gasteiger partial charge in [0.2, 0.25) is 0 Å². The third-order valence-corrected chi connectivity index (χ3v) is 11.5. The minimum atomic E-state index is -0.422. The van der Waals surface area contributed by atoms with Gasteiger partial charge in [-0.25, -0.2) is 4.79 Å². The monoisotopic (exact) mass is 518 g/mol. The van der Waals surface area contributed by atoms with E-state index in [-0.39, 0.29) is 36.7 Å². The van der Waals surface area contributed by atoms with Crippen LogP contribution in [0.1, 0.15) is 87.1 Å². The van der Waals surface area contributed by atoms with E-state index in [1.165, 1.54) is 32.1 Å². The lowest BCUT2D eigenvalue weighted by Crippen LogP contribution is -2.57. The number of allylic oxidation sites excluding steroid dienone is 1. The highest BCUT2D eigenvalue weighted by Crippen LogP contribution is 2.61. The maximum absolute atomic E-state index is 13.4. The molecule has 8 aliphatic carbocycles. The Hall–Kier alpha value is -2.14. The van der Waals surface area contributed by atoms with E-state index in [0.29, 0.717) is 17.4 Å². The number of esters is 2. The van der Waals surface area contributed by atoms with Crippen LogP contribution in [0.4, 0.5) is 0 Å². The molecule has 2 atom stereocenters. The fraction of sp³-hybridized carbons (Fsp3) is 0.697. The smallest absolute Gasteiger partial charge is 0.338 e. The summed E-state index contributed by atoms with van der Waals surface area (Å²) in [6.07, 6.45) is 11.4. The van der Waals surface area contributed by atoms with Crippen LogP contribution >= 0.6 is 0 Å². The highest BCUT2D eigenvalue weighted by Gasteiger charge is 2.60. The van der Waals surface area contributed by atoms with Crippen molar-refractivity contribution in [2.75, 3.05) is 13.4 Å². The van der Waals surface area contributed by atoms with Crippen molar-refractivity contribution in [2.24, 2.45) is 52.8 Å². The van der Waals surface area contributed by atoms with Gasteiger partial charge < -0.3 is 14.2 Å². The molecule has 0 spiro atoms. The molecular weight excluding hydrogens is 476 g/mol. The van der Waals surface area contributed by atoms with Crippen molar-refractivity contribution in [3.63, 3.8) is 0 Å². The molecule has 204 valence electrons. The lowest BCUT2D eigenvalue weighted by Gasteiger charge is -2.57. The largest absolute Gasteiger partial charge is 0.458 e. The maximum atomic E-state index is 13.4. The van der Waals surface area contributed by atoms with Gasteiger partial charge in [0, 0.05) is 0 Å². The molecule has 0 radical (unpaired) electrons. The van der Waals surface area contributed by atoms with Gasteiger partial charge in [-0.2, -0.15) is 0 Å². The van der Waals surface area contributed by atoms with E-state index in [9.17, 15) is 9.59 Å². The van der Waals surface area contributed by atoms with E-state index in [2.05, 4.69) is 6.58 Å². The zero-order valence-electron chi connectivity index (χ0n) is 22.7. The molecule has 0 amide bonds. The van der Waals surface area contributed by atoms with Gasteiger partial charge in [-0.05, 0) is 136 Å². The normalized spacial score (nSPS) is 41.8. The molecule has 0 saturated heterocycles. The van der Waals surface area contributed by atoms with Crippen molar-refractivity contribution < 1.29 is 23.8 Å². The first-order chi connectivity index (χ1) is 18.4. The third kappa shape index (κ3) is 4.33. The Kier molecular flexibility index (Phi) is 6.22. The quantitative estimate of drug-likeness (QED) is 0.219. The van der Waals surface area contributed by atoms with Crippen molar-refractivity contribution >= 4 is 17.5 Å². The van der Waals surface area contributed by atoms with E-state index < -0.39 is 5.41 Å². The molecule has 0 aliphatic heterocycles. The third-order valence-electron chi connectivity index (χ3n) is 11.5. The fourth-order valence-corrected chi connectivity index (χ4v) is 10.2. The molecule has 0 N–H and O–H groups in total. The summed E-state index contributed by atoms with van der Waals surface area (Å²) in [5, 5.41) is 0. The molecule has 1 aromatic carbocycles. The second-order valence-electron chi connectivity index (χ2n) is 14.0. The van der Waals surface area contributed by atoms with E-state index in [4.69, 9.17) is 14.2 Å². The first-order valence-electron chi connectivity index (χ1n) is 15.1. The van der Waals surface area contributed by atoms with Crippen molar-refractivity contribution in [1.29, 1.82) is 0 Å². The Morgan fingerprint density at radius 2 is 1.39 bits per heavy atom. The van der Waals surface area contributed by atoms with Crippen LogP contribution < -0.4 is 0 Å². The van der Waals surface area contributed by atoms with Crippen LogP contribution in [-0.4, -0.2) is 31.4 Å². The number of carbonyl (C=O) groups is 2. The van der Waals surface area contributed by atoms with Crippen molar-refractivity contribution in [2.45, 2.75) is 77.2 Å². The number of hydrogen-bond donors (Lipinski definition) is 0. The Balaban J connectivity index is 0.930. The van der Waals surface area contributed by atoms with Crippen LogP contribution in [0, 0.1) is 52.8 Å². The summed E-state index contributed by atoms with van der Waals surface area (Å²) in [6, 6.07) is 7.49. The molecule has 5 heteroatoms. The van der Waals surface area contributed by atoms with E-state index >= 15 is 0 Å². The maximum Gasteiger partial charge on any atom is 0.338 e. The van der Waals surface area contributed by atoms with Crippen molar-refractivity contribution in [3.8, 4) is 0 Å². The second kappa shape index (κ2) is 9.50. The van der Waals surface area contributed by atoms with Gasteiger partial charge in [0.1, 0.15) is 6.10 Å². The van der Waals surface area contributed by atoms with Gasteiger partial charge >= 0.3 is 11.9 Å². The van der Waals surface area contributed by atoms with Gasteiger partial charge in [0.25, 0.3) is 0 Å². The minimum absolute atomic E-state index is 0.0813. The topological polar surface area (TPSA) is 61.8 Å². The molecule has 2 unspecified atom stereocenters. The highest BCUT2D eigenvalue weighted by atomic mass is 16.7. The van der Waals surface area contributed by atoms with Crippen LogP contribution in [-0.2, 0) is 19.0 Å². The number of hydrogen-bond acceptors (Lipinski definition) is 5. The predicted molar refractivity (Wildman–Crippen MR) is 144 cm³/mol. The summed E-state index contributed by atoms with van der Waals surface area (Å²) >= 11 is 0. The van der Waals surface area contributed by atoms with E-state index in [0.717, 1.165) is 73.5 Å². The second-order valence-corrected chi connectivity index (χ2v) is 14.0. The van der Waals surface area contributed by atoms with E-state index in [1.54, 1.807) is 0 Å². The fourth-order valence-electron chi connectivity index (χ4n) is 10.2. The molecule has 0 heterocycles. The molecule has 0 aromatic heterocycles. The molecule has 5 nitrogen and oxygen atoms in total. The number of rotatable bonds is 8. The predicted octanol–water partition coefficient (Wildman–Crippen LogP) is 6.66. The Morgan fingerprint density at radius 3 is 2.00 bits per heavy atom. The van der Waals surface area contributed by atoms with Gasteiger partial charge in [-0.3, -0.25) is 4.79 Å². The number of benzene rings is 1. The molecule has 8 bridgehead atoms. The summed E-state index contributed by atoms with van der Waals surface area (Å²) in [5.74, 6) is 4.91. The van der Waals surface area contributed by atoms with Gasteiger partial charge in [0.05, 0.1) is 17.6 Å². The van der Waals surface area contributed by atoms with Crippen molar-refractivity contribution in [1.82, 2.24) is 0 Å². The average molecular weight is 519 g/mol. The van der Waals surface area contributed by atoms with Gasteiger partial charge in [0.15, 0.2) is 6.79 Å². The standard InChI is InChI=1S/C33H42O5/c1-19(2)23-3-5-24(6-4-23)31(34)38-30-27-12-22-13-28(30)16-33(14-22,15-27)32(35)37-18-36-17-29-25-8-20-7-21(10-25)11-26(29)9-20/h3-6,20-22,25-30H,1,7-18H2,2H3. The summed E-state index contributed by atoms with van der Waals surface area (Å²) in [4.78, 5) is 26.4. The molecule has 9 rings (SSSR count). The number of ether oxygens (including phenoxy) is 3. The SMILES string of the molecule is C=C(C)c1ccc(C(=O)OC2C3CC4CC2CC(C(=O)OCOCC2C5CC6CC(C5)CC2C6)(C4)C3)cc1. The molecule has 1 aromatic rings. The summed E-state index contributed by atoms with van der Waals surface area (Å²) in [5.41, 5.74) is 2.16. The zero-order valence-corrected chi connectivity index (χ0v) is 22.7. The Bertz CT molecular complexity index is 1060. The Labute approximate surface area is 226 Å². The zero-order chi connectivity index (χ0) is 26.0. The van der Waals surface area contributed by atoms with Crippen LogP contribution in [0.2, 0.25) is 0 Å². The minimum Gasteiger partial charge on any atom is -0.458 e. The van der Waals surface area contributed by atoms with Crippen LogP contribution in [0.5, 0.6) is 0 Å². The van der Waals surface area contributed by atoms with Gasteiger partial charge in [-0.15, -0.1) is 0 Å². The molecule has 38 heavy (non-hydrogen) atoms. The number of carbonyl (C=O) groups excluding carboxylic acids is 2. The summed E-state index contributed by atoms with van der Waals surface area (Å²) < 4.78 is 17.9. The van der Waals surface area contributed by atoms with Crippen LogP contribution in [0.3, 0.4) is 0 Å². The summed E-state index contributed by atoms with van der Waals surface area (Å²) in [7, 11) is 0. The lowest BCUT2D eigenvalue weighted by atomic mass is 9.48. The van der Waals surface area contributed by atoms with Crippen molar-refractivity contribution in [3.05, 3.63) is 42.0 Å². The average Bonchev–Trinajstić information content (AvgIpc) is 2.89. The summed E-state index contributed by atoms with van der Waals surface area (Å²) in [6.45, 7) is 6.75. The highest BCUT2D eigenvalue weighted by molar-refractivity contribution is 5.90. The molecule has 8 fully saturated rings. The first kappa shape index (κ1) is 24.9.